The number of carbonyl (C=O) groups excluding carboxylic acids is 1. The maximum atomic E-state index is 12.7. The van der Waals surface area contributed by atoms with Crippen molar-refractivity contribution in [2.45, 2.75) is 39.0 Å². The Bertz CT molecular complexity index is 858. The van der Waals surface area contributed by atoms with Gasteiger partial charge in [-0.05, 0) is 45.0 Å². The number of ether oxygens (including phenoxy) is 2. The first-order valence-corrected chi connectivity index (χ1v) is 8.30. The largest absolute Gasteiger partial charge is 0.451 e. The van der Waals surface area contributed by atoms with Crippen LogP contribution >= 0.6 is 11.6 Å². The number of hydrogen-bond acceptors (Lipinski definition) is 5. The number of pyridine rings is 1. The molecule has 2 aromatic rings. The van der Waals surface area contributed by atoms with E-state index in [2.05, 4.69) is 15.0 Å². The third kappa shape index (κ3) is 3.44. The minimum Gasteiger partial charge on any atom is -0.451 e. The van der Waals surface area contributed by atoms with Gasteiger partial charge < -0.3 is 14.8 Å². The molecule has 0 saturated heterocycles. The van der Waals surface area contributed by atoms with Gasteiger partial charge in [-0.15, -0.1) is 0 Å². The number of fused-ring (bicyclic) bond motifs is 1. The SMILES string of the molecule is C[C@@H](Nc1nccc2c1C(=O)OC2(C)C)c1cc(Cl)ccc1OC(F)F. The minimum absolute atomic E-state index is 0.000108. The molecule has 5 nitrogen and oxygen atoms in total. The quantitative estimate of drug-likeness (QED) is 0.744. The molecule has 0 radical (unpaired) electrons. The van der Waals surface area contributed by atoms with Crippen LogP contribution < -0.4 is 10.1 Å². The molecule has 3 rings (SSSR count). The number of nitrogens with one attached hydrogen (secondary N) is 1. The Hall–Kier alpha value is -2.41. The van der Waals surface area contributed by atoms with Crippen LogP contribution in [-0.4, -0.2) is 17.6 Å². The lowest BCUT2D eigenvalue weighted by atomic mass is 9.97. The molecule has 0 aliphatic carbocycles. The van der Waals surface area contributed by atoms with E-state index >= 15 is 0 Å². The number of aromatic nitrogens is 1. The van der Waals surface area contributed by atoms with Gasteiger partial charge in [0.2, 0.25) is 0 Å². The molecule has 1 atom stereocenters. The van der Waals surface area contributed by atoms with Gasteiger partial charge in [0.15, 0.2) is 0 Å². The third-order valence-electron chi connectivity index (χ3n) is 4.16. The fourth-order valence-corrected chi connectivity index (χ4v) is 3.14. The van der Waals surface area contributed by atoms with E-state index in [9.17, 15) is 13.6 Å². The number of halogens is 3. The van der Waals surface area contributed by atoms with Crippen LogP contribution in [0.3, 0.4) is 0 Å². The van der Waals surface area contributed by atoms with Crippen molar-refractivity contribution in [3.63, 3.8) is 0 Å². The van der Waals surface area contributed by atoms with Crippen LogP contribution in [0.15, 0.2) is 30.5 Å². The molecule has 0 unspecified atom stereocenters. The minimum atomic E-state index is -2.96. The van der Waals surface area contributed by atoms with Gasteiger partial charge in [-0.2, -0.15) is 8.78 Å². The molecular weight excluding hydrogens is 366 g/mol. The highest BCUT2D eigenvalue weighted by Gasteiger charge is 2.40. The van der Waals surface area contributed by atoms with Crippen molar-refractivity contribution in [2.75, 3.05) is 5.32 Å². The number of rotatable bonds is 5. The molecule has 0 amide bonds. The second-order valence-electron chi connectivity index (χ2n) is 6.41. The van der Waals surface area contributed by atoms with E-state index in [1.54, 1.807) is 33.0 Å². The summed E-state index contributed by atoms with van der Waals surface area (Å²) >= 11 is 5.99. The maximum Gasteiger partial charge on any atom is 0.387 e. The summed E-state index contributed by atoms with van der Waals surface area (Å²) in [5.41, 5.74) is 0.711. The molecule has 0 fully saturated rings. The topological polar surface area (TPSA) is 60.5 Å². The molecule has 0 saturated carbocycles. The first kappa shape index (κ1) is 18.4. The summed E-state index contributed by atoms with van der Waals surface area (Å²) in [4.78, 5) is 16.5. The van der Waals surface area contributed by atoms with Gasteiger partial charge in [-0.3, -0.25) is 0 Å². The van der Waals surface area contributed by atoms with Crippen molar-refractivity contribution in [3.05, 3.63) is 52.2 Å². The number of hydrogen-bond donors (Lipinski definition) is 1. The molecule has 138 valence electrons. The van der Waals surface area contributed by atoms with Crippen molar-refractivity contribution in [2.24, 2.45) is 0 Å². The fourth-order valence-electron chi connectivity index (χ4n) is 2.96. The van der Waals surface area contributed by atoms with E-state index in [0.717, 1.165) is 0 Å². The van der Waals surface area contributed by atoms with Gasteiger partial charge in [0.1, 0.15) is 22.7 Å². The summed E-state index contributed by atoms with van der Waals surface area (Å²) in [5.74, 6) is -0.170. The predicted molar refractivity (Wildman–Crippen MR) is 92.8 cm³/mol. The highest BCUT2D eigenvalue weighted by Crippen LogP contribution is 2.39. The molecule has 1 N–H and O–H groups in total. The van der Waals surface area contributed by atoms with E-state index < -0.39 is 24.2 Å². The van der Waals surface area contributed by atoms with Crippen LogP contribution in [0.25, 0.3) is 0 Å². The van der Waals surface area contributed by atoms with E-state index in [4.69, 9.17) is 16.3 Å². The summed E-state index contributed by atoms with van der Waals surface area (Å²) in [6, 6.07) is 5.59. The number of nitrogens with zero attached hydrogens (tertiary/aromatic N) is 1. The predicted octanol–water partition coefficient (Wildman–Crippen LogP) is 4.92. The van der Waals surface area contributed by atoms with Crippen LogP contribution in [0.5, 0.6) is 5.75 Å². The van der Waals surface area contributed by atoms with Crippen molar-refractivity contribution in [3.8, 4) is 5.75 Å². The van der Waals surface area contributed by atoms with Crippen LogP contribution in [-0.2, 0) is 10.3 Å². The van der Waals surface area contributed by atoms with Crippen LogP contribution in [0, 0.1) is 0 Å². The maximum absolute atomic E-state index is 12.7. The Kier molecular flexibility index (Phi) is 4.75. The lowest BCUT2D eigenvalue weighted by Crippen LogP contribution is -2.16. The smallest absolute Gasteiger partial charge is 0.387 e. The number of alkyl halides is 2. The Morgan fingerprint density at radius 1 is 1.31 bits per heavy atom. The Morgan fingerprint density at radius 2 is 2.04 bits per heavy atom. The van der Waals surface area contributed by atoms with Crippen molar-refractivity contribution in [1.29, 1.82) is 0 Å². The molecule has 0 bridgehead atoms. The summed E-state index contributed by atoms with van der Waals surface area (Å²) in [6.45, 7) is 2.35. The average molecular weight is 383 g/mol. The third-order valence-corrected chi connectivity index (χ3v) is 4.39. The zero-order valence-corrected chi connectivity index (χ0v) is 15.1. The Balaban J connectivity index is 1.96. The molecule has 8 heteroatoms. The fraction of sp³-hybridized carbons (Fsp3) is 0.333. The number of carbonyl (C=O) groups is 1. The van der Waals surface area contributed by atoms with Crippen molar-refractivity contribution in [1.82, 2.24) is 4.98 Å². The molecular formula is C18H17ClF2N2O3. The van der Waals surface area contributed by atoms with Gasteiger partial charge in [0.25, 0.3) is 0 Å². The highest BCUT2D eigenvalue weighted by atomic mass is 35.5. The number of benzene rings is 1. The molecule has 1 aromatic carbocycles. The van der Waals surface area contributed by atoms with Crippen molar-refractivity contribution >= 4 is 23.4 Å². The molecule has 1 aliphatic heterocycles. The number of cyclic esters (lactones) is 1. The van der Waals surface area contributed by atoms with E-state index in [0.29, 0.717) is 27.5 Å². The van der Waals surface area contributed by atoms with Gasteiger partial charge >= 0.3 is 12.6 Å². The van der Waals surface area contributed by atoms with Gasteiger partial charge in [-0.25, -0.2) is 9.78 Å². The van der Waals surface area contributed by atoms with Gasteiger partial charge in [0, 0.05) is 22.3 Å². The van der Waals surface area contributed by atoms with Gasteiger partial charge in [0.05, 0.1) is 6.04 Å². The number of anilines is 1. The van der Waals surface area contributed by atoms with E-state index in [1.807, 2.05) is 0 Å². The average Bonchev–Trinajstić information content (AvgIpc) is 2.79. The molecule has 1 aromatic heterocycles. The first-order chi connectivity index (χ1) is 12.2. The highest BCUT2D eigenvalue weighted by molar-refractivity contribution is 6.30. The lowest BCUT2D eigenvalue weighted by Gasteiger charge is -2.20. The summed E-state index contributed by atoms with van der Waals surface area (Å²) < 4.78 is 35.3. The Morgan fingerprint density at radius 3 is 2.73 bits per heavy atom. The van der Waals surface area contributed by atoms with E-state index in [1.165, 1.54) is 18.2 Å². The van der Waals surface area contributed by atoms with Gasteiger partial charge in [-0.1, -0.05) is 11.6 Å². The summed E-state index contributed by atoms with van der Waals surface area (Å²) in [6.07, 6.45) is 1.56. The second-order valence-corrected chi connectivity index (χ2v) is 6.85. The van der Waals surface area contributed by atoms with Crippen LogP contribution in [0.1, 0.15) is 48.3 Å². The first-order valence-electron chi connectivity index (χ1n) is 7.92. The summed E-state index contributed by atoms with van der Waals surface area (Å²) in [5, 5.41) is 3.45. The Labute approximate surface area is 154 Å². The van der Waals surface area contributed by atoms with Crippen molar-refractivity contribution < 1.29 is 23.0 Å². The zero-order chi connectivity index (χ0) is 19.1. The summed E-state index contributed by atoms with van der Waals surface area (Å²) in [7, 11) is 0. The lowest BCUT2D eigenvalue weighted by molar-refractivity contribution is -0.0505. The van der Waals surface area contributed by atoms with Crippen LogP contribution in [0.4, 0.5) is 14.6 Å². The normalized spacial score (nSPS) is 16.2. The molecule has 26 heavy (non-hydrogen) atoms. The zero-order valence-electron chi connectivity index (χ0n) is 14.3. The standard InChI is InChI=1S/C18H17ClF2N2O3/c1-9(11-8-10(19)4-5-13(11)25-17(20)21)23-15-14-12(6-7-22-15)18(2,3)26-16(14)24/h4-9,17H,1-3H3,(H,22,23)/t9-/m1/s1. The monoisotopic (exact) mass is 382 g/mol. The second kappa shape index (κ2) is 6.72. The molecule has 0 spiro atoms. The van der Waals surface area contributed by atoms with E-state index in [-0.39, 0.29) is 5.75 Å². The molecule has 1 aliphatic rings. The van der Waals surface area contributed by atoms with Crippen LogP contribution in [0.2, 0.25) is 5.02 Å². The number of esters is 1. The molecule has 2 heterocycles.